The van der Waals surface area contributed by atoms with E-state index in [2.05, 4.69) is 60.2 Å². The Morgan fingerprint density at radius 3 is 2.35 bits per heavy atom. The number of aryl methyl sites for hydroxylation is 1. The summed E-state index contributed by atoms with van der Waals surface area (Å²) >= 11 is 0. The third kappa shape index (κ3) is 3.50. The molecular weight excluding hydrogens is 246 g/mol. The van der Waals surface area contributed by atoms with Gasteiger partial charge in [-0.25, -0.2) is 0 Å². The topological polar surface area (TPSA) is 28.2 Å². The third-order valence-corrected chi connectivity index (χ3v) is 3.59. The first-order valence-corrected chi connectivity index (χ1v) is 7.23. The van der Waals surface area contributed by atoms with Gasteiger partial charge in [-0.2, -0.15) is 0 Å². The average molecular weight is 269 g/mol. The molecule has 0 saturated heterocycles. The summed E-state index contributed by atoms with van der Waals surface area (Å²) in [4.78, 5) is 6.50. The summed E-state index contributed by atoms with van der Waals surface area (Å²) in [6.07, 6.45) is 3.69. The number of nitrogens with zero attached hydrogens (tertiary/aromatic N) is 2. The normalized spacial score (nSPS) is 10.3. The van der Waals surface area contributed by atoms with Gasteiger partial charge in [0.2, 0.25) is 0 Å². The van der Waals surface area contributed by atoms with E-state index in [0.717, 1.165) is 25.3 Å². The SMILES string of the molecule is CCN(CC)c1ccc(CNc2cnccc2C)cc1. The number of aromatic nitrogens is 1. The van der Waals surface area contributed by atoms with E-state index in [1.807, 2.05) is 18.5 Å². The van der Waals surface area contributed by atoms with Crippen LogP contribution in [-0.2, 0) is 6.54 Å². The van der Waals surface area contributed by atoms with Gasteiger partial charge in [-0.1, -0.05) is 12.1 Å². The van der Waals surface area contributed by atoms with E-state index in [9.17, 15) is 0 Å². The highest BCUT2D eigenvalue weighted by atomic mass is 15.1. The molecule has 0 saturated carbocycles. The maximum atomic E-state index is 4.15. The Kier molecular flexibility index (Phi) is 4.99. The van der Waals surface area contributed by atoms with Crippen molar-refractivity contribution in [1.82, 2.24) is 4.98 Å². The van der Waals surface area contributed by atoms with Crippen LogP contribution in [0.2, 0.25) is 0 Å². The Labute approximate surface area is 121 Å². The quantitative estimate of drug-likeness (QED) is 0.863. The molecule has 0 radical (unpaired) electrons. The molecule has 0 aliphatic heterocycles. The van der Waals surface area contributed by atoms with Gasteiger partial charge in [-0.05, 0) is 50.1 Å². The number of rotatable bonds is 6. The molecule has 2 aromatic rings. The Morgan fingerprint density at radius 1 is 1.05 bits per heavy atom. The Bertz CT molecular complexity index is 530. The van der Waals surface area contributed by atoms with E-state index < -0.39 is 0 Å². The van der Waals surface area contributed by atoms with Crippen molar-refractivity contribution in [2.45, 2.75) is 27.3 Å². The number of anilines is 2. The molecule has 2 rings (SSSR count). The summed E-state index contributed by atoms with van der Waals surface area (Å²) in [6, 6.07) is 10.8. The van der Waals surface area contributed by atoms with Crippen molar-refractivity contribution in [2.75, 3.05) is 23.3 Å². The van der Waals surface area contributed by atoms with Crippen molar-refractivity contribution in [3.05, 3.63) is 53.9 Å². The van der Waals surface area contributed by atoms with Crippen LogP contribution in [0.25, 0.3) is 0 Å². The van der Waals surface area contributed by atoms with Crippen LogP contribution < -0.4 is 10.2 Å². The van der Waals surface area contributed by atoms with Crippen molar-refractivity contribution >= 4 is 11.4 Å². The minimum atomic E-state index is 0.824. The predicted molar refractivity (Wildman–Crippen MR) is 86.3 cm³/mol. The molecule has 0 unspecified atom stereocenters. The van der Waals surface area contributed by atoms with Crippen LogP contribution in [0.1, 0.15) is 25.0 Å². The van der Waals surface area contributed by atoms with Crippen molar-refractivity contribution in [3.63, 3.8) is 0 Å². The molecule has 1 N–H and O–H groups in total. The molecule has 3 heteroatoms. The van der Waals surface area contributed by atoms with Crippen LogP contribution in [0.3, 0.4) is 0 Å². The molecule has 0 amide bonds. The lowest BCUT2D eigenvalue weighted by Crippen LogP contribution is -2.21. The largest absolute Gasteiger partial charge is 0.380 e. The lowest BCUT2D eigenvalue weighted by atomic mass is 10.2. The van der Waals surface area contributed by atoms with E-state index in [0.29, 0.717) is 0 Å². The standard InChI is InChI=1S/C17H23N3/c1-4-20(5-2)16-8-6-15(7-9-16)12-19-17-13-18-11-10-14(17)3/h6-11,13,19H,4-5,12H2,1-3H3. The zero-order valence-corrected chi connectivity index (χ0v) is 12.6. The maximum absolute atomic E-state index is 4.15. The molecule has 0 aliphatic rings. The summed E-state index contributed by atoms with van der Waals surface area (Å²) in [5, 5.41) is 3.43. The Hall–Kier alpha value is -2.03. The van der Waals surface area contributed by atoms with Crippen LogP contribution in [0.5, 0.6) is 0 Å². The smallest absolute Gasteiger partial charge is 0.0559 e. The van der Waals surface area contributed by atoms with Gasteiger partial charge in [0, 0.05) is 31.5 Å². The summed E-state index contributed by atoms with van der Waals surface area (Å²) in [5.41, 5.74) is 4.89. The van der Waals surface area contributed by atoms with Crippen LogP contribution in [0, 0.1) is 6.92 Å². The summed E-state index contributed by atoms with van der Waals surface area (Å²) < 4.78 is 0. The molecule has 3 nitrogen and oxygen atoms in total. The van der Waals surface area contributed by atoms with E-state index in [1.54, 1.807) is 0 Å². The molecule has 20 heavy (non-hydrogen) atoms. The lowest BCUT2D eigenvalue weighted by molar-refractivity contribution is 0.865. The minimum absolute atomic E-state index is 0.824. The molecule has 0 aliphatic carbocycles. The molecule has 0 fully saturated rings. The first-order valence-electron chi connectivity index (χ1n) is 7.23. The number of hydrogen-bond acceptors (Lipinski definition) is 3. The fourth-order valence-electron chi connectivity index (χ4n) is 2.26. The second-order valence-corrected chi connectivity index (χ2v) is 4.88. The highest BCUT2D eigenvalue weighted by Crippen LogP contribution is 2.17. The van der Waals surface area contributed by atoms with Gasteiger partial charge in [0.05, 0.1) is 11.9 Å². The average Bonchev–Trinajstić information content (AvgIpc) is 2.49. The van der Waals surface area contributed by atoms with E-state index in [1.165, 1.54) is 16.8 Å². The molecule has 0 atom stereocenters. The van der Waals surface area contributed by atoms with Gasteiger partial charge in [0.25, 0.3) is 0 Å². The second-order valence-electron chi connectivity index (χ2n) is 4.88. The number of nitrogens with one attached hydrogen (secondary N) is 1. The number of benzene rings is 1. The molecule has 1 aromatic carbocycles. The highest BCUT2D eigenvalue weighted by molar-refractivity contribution is 5.50. The maximum Gasteiger partial charge on any atom is 0.0559 e. The first-order chi connectivity index (χ1) is 9.74. The van der Waals surface area contributed by atoms with Gasteiger partial charge in [-0.15, -0.1) is 0 Å². The van der Waals surface area contributed by atoms with Crippen LogP contribution in [0.15, 0.2) is 42.7 Å². The molecule has 1 aromatic heterocycles. The number of hydrogen-bond donors (Lipinski definition) is 1. The molecule has 0 spiro atoms. The Morgan fingerprint density at radius 2 is 1.75 bits per heavy atom. The zero-order valence-electron chi connectivity index (χ0n) is 12.6. The van der Waals surface area contributed by atoms with E-state index in [4.69, 9.17) is 0 Å². The van der Waals surface area contributed by atoms with Crippen LogP contribution in [-0.4, -0.2) is 18.1 Å². The third-order valence-electron chi connectivity index (χ3n) is 3.59. The minimum Gasteiger partial charge on any atom is -0.380 e. The van der Waals surface area contributed by atoms with Gasteiger partial charge in [0.1, 0.15) is 0 Å². The van der Waals surface area contributed by atoms with Gasteiger partial charge < -0.3 is 10.2 Å². The van der Waals surface area contributed by atoms with E-state index >= 15 is 0 Å². The predicted octanol–water partition coefficient (Wildman–Crippen LogP) is 3.85. The summed E-state index contributed by atoms with van der Waals surface area (Å²) in [7, 11) is 0. The molecule has 0 bridgehead atoms. The summed E-state index contributed by atoms with van der Waals surface area (Å²) in [5.74, 6) is 0. The van der Waals surface area contributed by atoms with Gasteiger partial charge >= 0.3 is 0 Å². The second kappa shape index (κ2) is 6.94. The Balaban J connectivity index is 1.99. The van der Waals surface area contributed by atoms with Crippen molar-refractivity contribution < 1.29 is 0 Å². The highest BCUT2D eigenvalue weighted by Gasteiger charge is 2.02. The van der Waals surface area contributed by atoms with Crippen LogP contribution in [0.4, 0.5) is 11.4 Å². The molecule has 1 heterocycles. The van der Waals surface area contributed by atoms with Crippen molar-refractivity contribution in [1.29, 1.82) is 0 Å². The van der Waals surface area contributed by atoms with Crippen LogP contribution >= 0.6 is 0 Å². The lowest BCUT2D eigenvalue weighted by Gasteiger charge is -2.21. The van der Waals surface area contributed by atoms with Crippen molar-refractivity contribution in [2.24, 2.45) is 0 Å². The fraction of sp³-hybridized carbons (Fsp3) is 0.353. The van der Waals surface area contributed by atoms with Gasteiger partial charge in [-0.3, -0.25) is 4.98 Å². The van der Waals surface area contributed by atoms with Gasteiger partial charge in [0.15, 0.2) is 0 Å². The number of pyridine rings is 1. The fourth-order valence-corrected chi connectivity index (χ4v) is 2.26. The van der Waals surface area contributed by atoms with Crippen molar-refractivity contribution in [3.8, 4) is 0 Å². The first kappa shape index (κ1) is 14.4. The molecular formula is C17H23N3. The molecule has 106 valence electrons. The monoisotopic (exact) mass is 269 g/mol. The zero-order chi connectivity index (χ0) is 14.4. The van der Waals surface area contributed by atoms with E-state index in [-0.39, 0.29) is 0 Å². The summed E-state index contributed by atoms with van der Waals surface area (Å²) in [6.45, 7) is 9.37.